The lowest BCUT2D eigenvalue weighted by Gasteiger charge is -2.12. The summed E-state index contributed by atoms with van der Waals surface area (Å²) in [6, 6.07) is 3.57. The van der Waals surface area contributed by atoms with Gasteiger partial charge in [0.1, 0.15) is 11.6 Å². The lowest BCUT2D eigenvalue weighted by molar-refractivity contribution is 0.745. The van der Waals surface area contributed by atoms with Gasteiger partial charge in [0.15, 0.2) is 0 Å². The molecule has 1 N–H and O–H groups in total. The molecule has 5 nitrogen and oxygen atoms in total. The van der Waals surface area contributed by atoms with Crippen molar-refractivity contribution >= 4 is 5.82 Å². The number of hydrogen-bond acceptors (Lipinski definition) is 4. The summed E-state index contributed by atoms with van der Waals surface area (Å²) in [5, 5.41) is 3.34. The fraction of sp³-hybridized carbons (Fsp3) is 0.438. The van der Waals surface area contributed by atoms with Crippen LogP contribution >= 0.6 is 0 Å². The molecule has 0 aliphatic carbocycles. The molecule has 0 amide bonds. The van der Waals surface area contributed by atoms with E-state index in [0.717, 1.165) is 42.2 Å². The maximum atomic E-state index is 12.0. The van der Waals surface area contributed by atoms with Crippen molar-refractivity contribution in [3.63, 3.8) is 0 Å². The van der Waals surface area contributed by atoms with Crippen LogP contribution in [0.1, 0.15) is 36.7 Å². The lowest BCUT2D eigenvalue weighted by Crippen LogP contribution is -2.20. The first-order valence-electron chi connectivity index (χ1n) is 7.33. The average Bonchev–Trinajstić information content (AvgIpc) is 2.44. The molecule has 0 atom stereocenters. The minimum absolute atomic E-state index is 0.00455. The third-order valence-electron chi connectivity index (χ3n) is 3.30. The summed E-state index contributed by atoms with van der Waals surface area (Å²) in [6.07, 6.45) is 5.83. The first kappa shape index (κ1) is 15.2. The second-order valence-corrected chi connectivity index (χ2v) is 5.24. The largest absolute Gasteiger partial charge is 0.370 e. The number of pyridine rings is 1. The predicted molar refractivity (Wildman–Crippen MR) is 84.7 cm³/mol. The smallest absolute Gasteiger partial charge is 0.251 e. The van der Waals surface area contributed by atoms with Crippen molar-refractivity contribution in [2.75, 3.05) is 11.9 Å². The zero-order chi connectivity index (χ0) is 15.2. The van der Waals surface area contributed by atoms with Crippen LogP contribution in [-0.4, -0.2) is 21.1 Å². The number of rotatable bonds is 6. The van der Waals surface area contributed by atoms with E-state index in [2.05, 4.69) is 22.2 Å². The van der Waals surface area contributed by atoms with Crippen molar-refractivity contribution in [3.05, 3.63) is 51.8 Å². The van der Waals surface area contributed by atoms with E-state index < -0.39 is 0 Å². The molecule has 0 saturated heterocycles. The Labute approximate surface area is 125 Å². The maximum Gasteiger partial charge on any atom is 0.251 e. The fourth-order valence-electron chi connectivity index (χ4n) is 2.07. The van der Waals surface area contributed by atoms with E-state index in [0.29, 0.717) is 6.54 Å². The molecular weight excluding hydrogens is 264 g/mol. The van der Waals surface area contributed by atoms with Crippen LogP contribution in [-0.2, 0) is 6.54 Å². The summed E-state index contributed by atoms with van der Waals surface area (Å²) in [6.45, 7) is 7.29. The van der Waals surface area contributed by atoms with Gasteiger partial charge in [-0.15, -0.1) is 0 Å². The van der Waals surface area contributed by atoms with Crippen LogP contribution in [0.3, 0.4) is 0 Å². The van der Waals surface area contributed by atoms with Crippen molar-refractivity contribution in [2.24, 2.45) is 0 Å². The fourth-order valence-corrected chi connectivity index (χ4v) is 2.07. The predicted octanol–water partition coefficient (Wildman–Crippen LogP) is 2.52. The highest BCUT2D eigenvalue weighted by Gasteiger charge is 2.07. The van der Waals surface area contributed by atoms with Gasteiger partial charge in [-0.2, -0.15) is 0 Å². The summed E-state index contributed by atoms with van der Waals surface area (Å²) in [5.41, 5.74) is 1.90. The Morgan fingerprint density at radius 3 is 2.86 bits per heavy atom. The summed E-state index contributed by atoms with van der Waals surface area (Å²) in [5.74, 6) is 1.55. The molecule has 0 radical (unpaired) electrons. The van der Waals surface area contributed by atoms with Crippen LogP contribution in [0.5, 0.6) is 0 Å². The number of nitrogens with one attached hydrogen (secondary N) is 1. The van der Waals surface area contributed by atoms with Crippen LogP contribution in [0.15, 0.2) is 29.3 Å². The van der Waals surface area contributed by atoms with Gasteiger partial charge in [-0.05, 0) is 31.9 Å². The molecule has 5 heteroatoms. The first-order valence-corrected chi connectivity index (χ1v) is 7.33. The Bertz CT molecular complexity index is 664. The van der Waals surface area contributed by atoms with Gasteiger partial charge in [-0.1, -0.05) is 13.3 Å². The molecule has 21 heavy (non-hydrogen) atoms. The van der Waals surface area contributed by atoms with E-state index >= 15 is 0 Å². The summed E-state index contributed by atoms with van der Waals surface area (Å²) in [4.78, 5) is 20.7. The molecule has 0 saturated carbocycles. The monoisotopic (exact) mass is 286 g/mol. The highest BCUT2D eigenvalue weighted by Crippen LogP contribution is 2.13. The van der Waals surface area contributed by atoms with Gasteiger partial charge in [0.2, 0.25) is 0 Å². The molecule has 0 aromatic carbocycles. The molecule has 0 fully saturated rings. The van der Waals surface area contributed by atoms with Gasteiger partial charge >= 0.3 is 0 Å². The molecule has 2 aromatic heterocycles. The second kappa shape index (κ2) is 7.02. The Kier molecular flexibility index (Phi) is 5.09. The third kappa shape index (κ3) is 4.15. The molecule has 112 valence electrons. The SMILES string of the molecule is CCCCNc1nc(C)ncc1Cn1ccc(C)cc1=O. The van der Waals surface area contributed by atoms with E-state index in [1.807, 2.05) is 26.1 Å². The highest BCUT2D eigenvalue weighted by atomic mass is 16.1. The van der Waals surface area contributed by atoms with Crippen LogP contribution in [0, 0.1) is 13.8 Å². The normalized spacial score (nSPS) is 10.6. The molecule has 2 heterocycles. The molecule has 0 bridgehead atoms. The minimum Gasteiger partial charge on any atom is -0.370 e. The molecule has 0 aliphatic heterocycles. The lowest BCUT2D eigenvalue weighted by atomic mass is 10.2. The van der Waals surface area contributed by atoms with Gasteiger partial charge < -0.3 is 9.88 Å². The van der Waals surface area contributed by atoms with E-state index in [9.17, 15) is 4.79 Å². The van der Waals surface area contributed by atoms with Crippen molar-refractivity contribution in [1.82, 2.24) is 14.5 Å². The Morgan fingerprint density at radius 1 is 1.33 bits per heavy atom. The highest BCUT2D eigenvalue weighted by molar-refractivity contribution is 5.43. The van der Waals surface area contributed by atoms with Crippen LogP contribution in [0.2, 0.25) is 0 Å². The number of hydrogen-bond donors (Lipinski definition) is 1. The number of anilines is 1. The summed E-state index contributed by atoms with van der Waals surface area (Å²) >= 11 is 0. The quantitative estimate of drug-likeness (QED) is 0.829. The number of nitrogens with zero attached hydrogens (tertiary/aromatic N) is 3. The van der Waals surface area contributed by atoms with Crippen molar-refractivity contribution in [3.8, 4) is 0 Å². The molecule has 2 rings (SSSR count). The van der Waals surface area contributed by atoms with Gasteiger partial charge in [0.25, 0.3) is 5.56 Å². The van der Waals surface area contributed by atoms with Gasteiger partial charge in [-0.25, -0.2) is 9.97 Å². The van der Waals surface area contributed by atoms with E-state index in [-0.39, 0.29) is 5.56 Å². The Balaban J connectivity index is 2.24. The van der Waals surface area contributed by atoms with Crippen LogP contribution in [0.4, 0.5) is 5.82 Å². The summed E-state index contributed by atoms with van der Waals surface area (Å²) < 4.78 is 1.67. The maximum absolute atomic E-state index is 12.0. The number of aromatic nitrogens is 3. The third-order valence-corrected chi connectivity index (χ3v) is 3.30. The van der Waals surface area contributed by atoms with Crippen LogP contribution < -0.4 is 10.9 Å². The summed E-state index contributed by atoms with van der Waals surface area (Å²) in [7, 11) is 0. The van der Waals surface area contributed by atoms with Gasteiger partial charge in [-0.3, -0.25) is 4.79 Å². The molecular formula is C16H22N4O. The number of unbranched alkanes of at least 4 members (excludes halogenated alkanes) is 1. The van der Waals surface area contributed by atoms with Crippen molar-refractivity contribution < 1.29 is 0 Å². The first-order chi connectivity index (χ1) is 10.1. The van der Waals surface area contributed by atoms with Gasteiger partial charge in [0.05, 0.1) is 6.54 Å². The zero-order valence-corrected chi connectivity index (χ0v) is 12.9. The zero-order valence-electron chi connectivity index (χ0n) is 12.9. The topological polar surface area (TPSA) is 59.8 Å². The second-order valence-electron chi connectivity index (χ2n) is 5.24. The van der Waals surface area contributed by atoms with E-state index in [1.165, 1.54) is 0 Å². The number of aryl methyl sites for hydroxylation is 2. The van der Waals surface area contributed by atoms with Crippen LogP contribution in [0.25, 0.3) is 0 Å². The molecule has 0 spiro atoms. The Morgan fingerprint density at radius 2 is 2.14 bits per heavy atom. The van der Waals surface area contributed by atoms with Gasteiger partial charge in [0, 0.05) is 30.6 Å². The average molecular weight is 286 g/mol. The Hall–Kier alpha value is -2.17. The van der Waals surface area contributed by atoms with E-state index in [1.54, 1.807) is 16.8 Å². The van der Waals surface area contributed by atoms with Crippen molar-refractivity contribution in [1.29, 1.82) is 0 Å². The molecule has 0 unspecified atom stereocenters. The van der Waals surface area contributed by atoms with Crippen molar-refractivity contribution in [2.45, 2.75) is 40.2 Å². The minimum atomic E-state index is -0.00455. The van der Waals surface area contributed by atoms with E-state index in [4.69, 9.17) is 0 Å². The molecule has 0 aliphatic rings. The molecule has 2 aromatic rings. The standard InChI is InChI=1S/C16H22N4O/c1-4-5-7-17-16-14(10-18-13(3)19-16)11-20-8-6-12(2)9-15(20)21/h6,8-10H,4-5,7,11H2,1-3H3,(H,17,18,19).